The molecule has 1 atom stereocenters. The van der Waals surface area contributed by atoms with Crippen LogP contribution >= 0.6 is 0 Å². The van der Waals surface area contributed by atoms with Crippen LogP contribution < -0.4 is 0 Å². The zero-order valence-corrected chi connectivity index (χ0v) is 8.92. The van der Waals surface area contributed by atoms with Crippen molar-refractivity contribution in [3.63, 3.8) is 0 Å². The quantitative estimate of drug-likeness (QED) is 0.639. The van der Waals surface area contributed by atoms with E-state index in [1.54, 1.807) is 11.9 Å². The maximum atomic E-state index is 11.4. The Morgan fingerprint density at radius 3 is 2.54 bits per heavy atom. The molecule has 3 nitrogen and oxygen atoms in total. The lowest BCUT2D eigenvalue weighted by atomic mass is 10.2. The maximum Gasteiger partial charge on any atom is 0.222 e. The first-order valence-electron chi connectivity index (χ1n) is 5.00. The Kier molecular flexibility index (Phi) is 6.59. The lowest BCUT2D eigenvalue weighted by molar-refractivity contribution is -0.132. The first-order chi connectivity index (χ1) is 6.13. The summed E-state index contributed by atoms with van der Waals surface area (Å²) in [6.07, 6.45) is 3.80. The summed E-state index contributed by atoms with van der Waals surface area (Å²) in [7, 11) is 1.75. The standard InChI is InChI=1S/C10H21NO2/c1-4-5-6-7-10(13)11(3)9(2)8-12/h9,12H,4-8H2,1-3H3. The van der Waals surface area contributed by atoms with E-state index in [0.717, 1.165) is 19.3 Å². The monoisotopic (exact) mass is 187 g/mol. The van der Waals surface area contributed by atoms with E-state index in [0.29, 0.717) is 6.42 Å². The molecule has 0 aromatic rings. The van der Waals surface area contributed by atoms with Gasteiger partial charge in [-0.1, -0.05) is 19.8 Å². The highest BCUT2D eigenvalue weighted by molar-refractivity contribution is 5.76. The average molecular weight is 187 g/mol. The molecule has 0 saturated carbocycles. The van der Waals surface area contributed by atoms with Crippen molar-refractivity contribution in [3.05, 3.63) is 0 Å². The summed E-state index contributed by atoms with van der Waals surface area (Å²) in [5, 5.41) is 8.83. The van der Waals surface area contributed by atoms with Gasteiger partial charge in [0.1, 0.15) is 0 Å². The van der Waals surface area contributed by atoms with E-state index in [1.165, 1.54) is 0 Å². The summed E-state index contributed by atoms with van der Waals surface area (Å²) in [4.78, 5) is 13.1. The lowest BCUT2D eigenvalue weighted by Gasteiger charge is -2.23. The number of likely N-dealkylation sites (N-methyl/N-ethyl adjacent to an activating group) is 1. The predicted molar refractivity (Wildman–Crippen MR) is 53.5 cm³/mol. The number of amides is 1. The number of aliphatic hydroxyl groups excluding tert-OH is 1. The molecule has 0 aliphatic carbocycles. The van der Waals surface area contributed by atoms with Gasteiger partial charge >= 0.3 is 0 Å². The van der Waals surface area contributed by atoms with Crippen LogP contribution in [0.5, 0.6) is 0 Å². The molecular formula is C10H21NO2. The number of hydrogen-bond donors (Lipinski definition) is 1. The molecule has 0 heterocycles. The number of rotatable bonds is 6. The summed E-state index contributed by atoms with van der Waals surface area (Å²) >= 11 is 0. The van der Waals surface area contributed by atoms with E-state index >= 15 is 0 Å². The molecule has 13 heavy (non-hydrogen) atoms. The molecule has 0 radical (unpaired) electrons. The van der Waals surface area contributed by atoms with Gasteiger partial charge in [0.15, 0.2) is 0 Å². The second kappa shape index (κ2) is 6.89. The maximum absolute atomic E-state index is 11.4. The van der Waals surface area contributed by atoms with E-state index in [2.05, 4.69) is 6.92 Å². The van der Waals surface area contributed by atoms with Gasteiger partial charge in [-0.05, 0) is 13.3 Å². The van der Waals surface area contributed by atoms with Crippen LogP contribution in [0.2, 0.25) is 0 Å². The smallest absolute Gasteiger partial charge is 0.222 e. The molecule has 0 bridgehead atoms. The predicted octanol–water partition coefficient (Wildman–Crippen LogP) is 1.41. The van der Waals surface area contributed by atoms with Gasteiger partial charge in [-0.15, -0.1) is 0 Å². The Morgan fingerprint density at radius 1 is 1.46 bits per heavy atom. The normalized spacial score (nSPS) is 12.6. The first-order valence-corrected chi connectivity index (χ1v) is 5.00. The van der Waals surface area contributed by atoms with Gasteiger partial charge in [0, 0.05) is 13.5 Å². The fourth-order valence-electron chi connectivity index (χ4n) is 1.07. The zero-order valence-electron chi connectivity index (χ0n) is 8.92. The number of nitrogens with zero attached hydrogens (tertiary/aromatic N) is 1. The topological polar surface area (TPSA) is 40.5 Å². The Labute approximate surface area is 80.7 Å². The summed E-state index contributed by atoms with van der Waals surface area (Å²) < 4.78 is 0. The van der Waals surface area contributed by atoms with E-state index in [9.17, 15) is 4.79 Å². The van der Waals surface area contributed by atoms with Crippen LogP contribution in [0, 0.1) is 0 Å². The molecule has 1 amide bonds. The van der Waals surface area contributed by atoms with Crippen LogP contribution in [-0.4, -0.2) is 35.6 Å². The van der Waals surface area contributed by atoms with Crippen LogP contribution in [0.1, 0.15) is 39.5 Å². The molecule has 0 rings (SSSR count). The van der Waals surface area contributed by atoms with Gasteiger partial charge in [0.25, 0.3) is 0 Å². The van der Waals surface area contributed by atoms with Crippen molar-refractivity contribution in [3.8, 4) is 0 Å². The van der Waals surface area contributed by atoms with Gasteiger partial charge in [0.05, 0.1) is 12.6 Å². The SMILES string of the molecule is CCCCCC(=O)N(C)C(C)CO. The number of unbranched alkanes of at least 4 members (excludes halogenated alkanes) is 2. The molecule has 0 aliphatic rings. The van der Waals surface area contributed by atoms with Crippen molar-refractivity contribution in [1.82, 2.24) is 4.90 Å². The Bertz CT molecular complexity index is 148. The molecule has 0 fully saturated rings. The Balaban J connectivity index is 3.69. The van der Waals surface area contributed by atoms with E-state index in [-0.39, 0.29) is 18.6 Å². The highest BCUT2D eigenvalue weighted by Gasteiger charge is 2.13. The molecule has 1 unspecified atom stereocenters. The van der Waals surface area contributed by atoms with Crippen LogP contribution in [0.4, 0.5) is 0 Å². The van der Waals surface area contributed by atoms with Gasteiger partial charge in [-0.25, -0.2) is 0 Å². The second-order valence-corrected chi connectivity index (χ2v) is 3.49. The van der Waals surface area contributed by atoms with Gasteiger partial charge in [-0.3, -0.25) is 4.79 Å². The molecule has 1 N–H and O–H groups in total. The summed E-state index contributed by atoms with van der Waals surface area (Å²) in [6.45, 7) is 4.00. The second-order valence-electron chi connectivity index (χ2n) is 3.49. The van der Waals surface area contributed by atoms with Crippen molar-refractivity contribution in [2.24, 2.45) is 0 Å². The fraction of sp³-hybridized carbons (Fsp3) is 0.900. The summed E-state index contributed by atoms with van der Waals surface area (Å²) in [5.41, 5.74) is 0. The van der Waals surface area contributed by atoms with Crippen molar-refractivity contribution >= 4 is 5.91 Å². The van der Waals surface area contributed by atoms with Crippen molar-refractivity contribution in [2.45, 2.75) is 45.6 Å². The van der Waals surface area contributed by atoms with Crippen LogP contribution in [0.3, 0.4) is 0 Å². The minimum absolute atomic E-state index is 0.0377. The molecule has 0 spiro atoms. The number of aliphatic hydroxyl groups is 1. The number of carbonyl (C=O) groups is 1. The van der Waals surface area contributed by atoms with E-state index in [4.69, 9.17) is 5.11 Å². The van der Waals surface area contributed by atoms with Gasteiger partial charge in [0.2, 0.25) is 5.91 Å². The lowest BCUT2D eigenvalue weighted by Crippen LogP contribution is -2.37. The third kappa shape index (κ3) is 4.88. The summed E-state index contributed by atoms with van der Waals surface area (Å²) in [5.74, 6) is 0.134. The highest BCUT2D eigenvalue weighted by Crippen LogP contribution is 2.04. The van der Waals surface area contributed by atoms with Crippen molar-refractivity contribution in [2.75, 3.05) is 13.7 Å². The van der Waals surface area contributed by atoms with Gasteiger partial charge < -0.3 is 10.0 Å². The zero-order chi connectivity index (χ0) is 10.3. The van der Waals surface area contributed by atoms with Gasteiger partial charge in [-0.2, -0.15) is 0 Å². The molecule has 0 aromatic carbocycles. The third-order valence-electron chi connectivity index (χ3n) is 2.31. The third-order valence-corrected chi connectivity index (χ3v) is 2.31. The fourth-order valence-corrected chi connectivity index (χ4v) is 1.07. The minimum atomic E-state index is -0.0610. The van der Waals surface area contributed by atoms with E-state index < -0.39 is 0 Å². The van der Waals surface area contributed by atoms with Crippen molar-refractivity contribution < 1.29 is 9.90 Å². The summed E-state index contributed by atoms with van der Waals surface area (Å²) in [6, 6.07) is -0.0610. The Hall–Kier alpha value is -0.570. The van der Waals surface area contributed by atoms with Crippen LogP contribution in [-0.2, 0) is 4.79 Å². The molecule has 0 aliphatic heterocycles. The van der Waals surface area contributed by atoms with Crippen LogP contribution in [0.25, 0.3) is 0 Å². The molecule has 0 aromatic heterocycles. The van der Waals surface area contributed by atoms with Crippen LogP contribution in [0.15, 0.2) is 0 Å². The molecule has 3 heteroatoms. The minimum Gasteiger partial charge on any atom is -0.394 e. The van der Waals surface area contributed by atoms with E-state index in [1.807, 2.05) is 6.92 Å². The number of hydrogen-bond acceptors (Lipinski definition) is 2. The largest absolute Gasteiger partial charge is 0.394 e. The van der Waals surface area contributed by atoms with Crippen molar-refractivity contribution in [1.29, 1.82) is 0 Å². The number of carbonyl (C=O) groups excluding carboxylic acids is 1. The Morgan fingerprint density at radius 2 is 2.08 bits per heavy atom. The molecular weight excluding hydrogens is 166 g/mol. The molecule has 0 saturated heterocycles. The molecule has 78 valence electrons. The first kappa shape index (κ1) is 12.4. The average Bonchev–Trinajstić information content (AvgIpc) is 2.15. The highest BCUT2D eigenvalue weighted by atomic mass is 16.3.